The molecule has 0 unspecified atom stereocenters. The Kier molecular flexibility index (Phi) is 4.56. The third kappa shape index (κ3) is 3.15. The molecule has 3 heterocycles. The summed E-state index contributed by atoms with van der Waals surface area (Å²) >= 11 is 4.91. The van der Waals surface area contributed by atoms with E-state index >= 15 is 0 Å². The van der Waals surface area contributed by atoms with Crippen molar-refractivity contribution in [3.8, 4) is 22.1 Å². The third-order valence-electron chi connectivity index (χ3n) is 3.82. The first-order valence-corrected chi connectivity index (χ1v) is 9.32. The fraction of sp³-hybridized carbons (Fsp3) is 0.176. The fourth-order valence-corrected chi connectivity index (χ4v) is 3.79. The zero-order chi connectivity index (χ0) is 18.1. The van der Waals surface area contributed by atoms with Gasteiger partial charge in [-0.15, -0.1) is 10.2 Å². The van der Waals surface area contributed by atoms with Crippen LogP contribution in [0.3, 0.4) is 0 Å². The molecule has 0 N–H and O–H groups in total. The molecule has 0 aliphatic heterocycles. The second-order valence-electron chi connectivity index (χ2n) is 5.48. The Hall–Kier alpha value is -2.52. The SMILES string of the molecule is COc1ccc(Cc2nnc3sc(-c4cncc(Br)c4)nn23)cc1OC. The van der Waals surface area contributed by atoms with Crippen LogP contribution in [0.1, 0.15) is 11.4 Å². The molecule has 0 aliphatic rings. The van der Waals surface area contributed by atoms with Crippen LogP contribution in [0.15, 0.2) is 41.1 Å². The van der Waals surface area contributed by atoms with E-state index in [4.69, 9.17) is 9.47 Å². The number of fused-ring (bicyclic) bond motifs is 1. The molecule has 0 atom stereocenters. The number of hydrogen-bond acceptors (Lipinski definition) is 7. The minimum atomic E-state index is 0.585. The van der Waals surface area contributed by atoms with Gasteiger partial charge in [0.25, 0.3) is 0 Å². The van der Waals surface area contributed by atoms with Gasteiger partial charge < -0.3 is 9.47 Å². The van der Waals surface area contributed by atoms with Crippen LogP contribution in [-0.2, 0) is 6.42 Å². The number of rotatable bonds is 5. The summed E-state index contributed by atoms with van der Waals surface area (Å²) in [7, 11) is 3.24. The summed E-state index contributed by atoms with van der Waals surface area (Å²) in [6.45, 7) is 0. The van der Waals surface area contributed by atoms with E-state index in [1.165, 1.54) is 11.3 Å². The lowest BCUT2D eigenvalue weighted by Crippen LogP contribution is -1.99. The number of aromatic nitrogens is 5. The Morgan fingerprint density at radius 1 is 1.08 bits per heavy atom. The second kappa shape index (κ2) is 7.00. The molecule has 0 saturated carbocycles. The van der Waals surface area contributed by atoms with Crippen molar-refractivity contribution in [2.24, 2.45) is 0 Å². The summed E-state index contributed by atoms with van der Waals surface area (Å²) in [4.78, 5) is 4.94. The van der Waals surface area contributed by atoms with Gasteiger partial charge in [-0.1, -0.05) is 17.4 Å². The molecular weight excluding hydrogens is 418 g/mol. The van der Waals surface area contributed by atoms with E-state index in [2.05, 4.69) is 36.2 Å². The average Bonchev–Trinajstić information content (AvgIpc) is 3.23. The monoisotopic (exact) mass is 431 g/mol. The maximum absolute atomic E-state index is 5.36. The van der Waals surface area contributed by atoms with Gasteiger partial charge in [-0.25, -0.2) is 0 Å². The molecule has 0 fully saturated rings. The van der Waals surface area contributed by atoms with Crippen molar-refractivity contribution in [2.75, 3.05) is 14.2 Å². The van der Waals surface area contributed by atoms with Crippen LogP contribution in [0.4, 0.5) is 0 Å². The number of methoxy groups -OCH3 is 2. The molecule has 0 aliphatic carbocycles. The second-order valence-corrected chi connectivity index (χ2v) is 7.35. The Labute approximate surface area is 161 Å². The Morgan fingerprint density at radius 2 is 1.92 bits per heavy atom. The quantitative estimate of drug-likeness (QED) is 0.480. The van der Waals surface area contributed by atoms with Gasteiger partial charge in [-0.05, 0) is 39.7 Å². The highest BCUT2D eigenvalue weighted by Crippen LogP contribution is 2.30. The average molecular weight is 432 g/mol. The molecular formula is C17H14BrN5O2S. The molecule has 0 amide bonds. The first kappa shape index (κ1) is 16.9. The number of hydrogen-bond donors (Lipinski definition) is 0. The molecule has 0 radical (unpaired) electrons. The van der Waals surface area contributed by atoms with Gasteiger partial charge in [0.15, 0.2) is 17.3 Å². The molecule has 132 valence electrons. The summed E-state index contributed by atoms with van der Waals surface area (Å²) in [5, 5.41) is 14.0. The van der Waals surface area contributed by atoms with Crippen molar-refractivity contribution in [3.63, 3.8) is 0 Å². The molecule has 26 heavy (non-hydrogen) atoms. The highest BCUT2D eigenvalue weighted by Gasteiger charge is 2.15. The van der Waals surface area contributed by atoms with E-state index in [9.17, 15) is 0 Å². The van der Waals surface area contributed by atoms with Crippen LogP contribution in [0.5, 0.6) is 11.5 Å². The number of pyridine rings is 1. The van der Waals surface area contributed by atoms with Crippen molar-refractivity contribution in [1.29, 1.82) is 0 Å². The topological polar surface area (TPSA) is 74.4 Å². The number of halogens is 1. The summed E-state index contributed by atoms with van der Waals surface area (Å²) in [6, 6.07) is 7.78. The predicted molar refractivity (Wildman–Crippen MR) is 102 cm³/mol. The van der Waals surface area contributed by atoms with Gasteiger partial charge in [-0.3, -0.25) is 4.98 Å². The van der Waals surface area contributed by atoms with E-state index in [0.717, 1.165) is 31.4 Å². The molecule has 1 aromatic carbocycles. The Bertz CT molecular complexity index is 1080. The summed E-state index contributed by atoms with van der Waals surface area (Å²) in [5.74, 6) is 2.14. The van der Waals surface area contributed by atoms with Crippen LogP contribution >= 0.6 is 27.3 Å². The lowest BCUT2D eigenvalue weighted by molar-refractivity contribution is 0.354. The van der Waals surface area contributed by atoms with Crippen LogP contribution in [0, 0.1) is 0 Å². The predicted octanol–water partition coefficient (Wildman–Crippen LogP) is 3.62. The Morgan fingerprint density at radius 3 is 2.69 bits per heavy atom. The number of benzene rings is 1. The maximum atomic E-state index is 5.36. The fourth-order valence-electron chi connectivity index (χ4n) is 2.59. The third-order valence-corrected chi connectivity index (χ3v) is 5.20. The maximum Gasteiger partial charge on any atom is 0.234 e. The normalized spacial score (nSPS) is 11.0. The first-order chi connectivity index (χ1) is 12.7. The molecule has 0 spiro atoms. The minimum absolute atomic E-state index is 0.585. The van der Waals surface area contributed by atoms with E-state index in [-0.39, 0.29) is 0 Å². The van der Waals surface area contributed by atoms with Gasteiger partial charge in [0.05, 0.1) is 14.2 Å². The molecule has 9 heteroatoms. The number of ether oxygens (including phenoxy) is 2. The van der Waals surface area contributed by atoms with E-state index in [1.54, 1.807) is 31.1 Å². The molecule has 0 saturated heterocycles. The number of nitrogens with zero attached hydrogens (tertiary/aromatic N) is 5. The van der Waals surface area contributed by atoms with Gasteiger partial charge in [0.1, 0.15) is 5.01 Å². The Balaban J connectivity index is 1.67. The largest absolute Gasteiger partial charge is 0.493 e. The standard InChI is InChI=1S/C17H14BrN5O2S/c1-24-13-4-3-10(5-14(13)25-2)6-15-20-21-17-23(15)22-16(26-17)11-7-12(18)9-19-8-11/h3-5,7-9H,6H2,1-2H3. The first-order valence-electron chi connectivity index (χ1n) is 7.71. The summed E-state index contributed by atoms with van der Waals surface area (Å²) < 4.78 is 13.3. The molecule has 7 nitrogen and oxygen atoms in total. The van der Waals surface area contributed by atoms with E-state index in [0.29, 0.717) is 17.9 Å². The summed E-state index contributed by atoms with van der Waals surface area (Å²) in [5.41, 5.74) is 1.97. The van der Waals surface area contributed by atoms with Crippen molar-refractivity contribution in [1.82, 2.24) is 24.8 Å². The molecule has 3 aromatic heterocycles. The highest BCUT2D eigenvalue weighted by molar-refractivity contribution is 9.10. The van der Waals surface area contributed by atoms with Crippen molar-refractivity contribution in [2.45, 2.75) is 6.42 Å². The highest BCUT2D eigenvalue weighted by atomic mass is 79.9. The van der Waals surface area contributed by atoms with Crippen molar-refractivity contribution < 1.29 is 9.47 Å². The van der Waals surface area contributed by atoms with Crippen LogP contribution in [0.2, 0.25) is 0 Å². The molecule has 0 bridgehead atoms. The van der Waals surface area contributed by atoms with E-state index < -0.39 is 0 Å². The molecule has 4 aromatic rings. The van der Waals surface area contributed by atoms with E-state index in [1.807, 2.05) is 24.3 Å². The van der Waals surface area contributed by atoms with Crippen LogP contribution < -0.4 is 9.47 Å². The molecule has 4 rings (SSSR count). The van der Waals surface area contributed by atoms with Gasteiger partial charge >= 0.3 is 0 Å². The summed E-state index contributed by atoms with van der Waals surface area (Å²) in [6.07, 6.45) is 4.11. The zero-order valence-electron chi connectivity index (χ0n) is 14.0. The van der Waals surface area contributed by atoms with Crippen LogP contribution in [-0.4, -0.2) is 39.0 Å². The van der Waals surface area contributed by atoms with Crippen molar-refractivity contribution >= 4 is 32.2 Å². The zero-order valence-corrected chi connectivity index (χ0v) is 16.4. The van der Waals surface area contributed by atoms with Gasteiger partial charge in [0.2, 0.25) is 4.96 Å². The lowest BCUT2D eigenvalue weighted by atomic mass is 10.1. The van der Waals surface area contributed by atoms with Gasteiger partial charge in [0, 0.05) is 28.9 Å². The van der Waals surface area contributed by atoms with Crippen molar-refractivity contribution in [3.05, 3.63) is 52.5 Å². The van der Waals surface area contributed by atoms with Crippen LogP contribution in [0.25, 0.3) is 15.5 Å². The smallest absolute Gasteiger partial charge is 0.234 e. The minimum Gasteiger partial charge on any atom is -0.493 e. The lowest BCUT2D eigenvalue weighted by Gasteiger charge is -2.08. The van der Waals surface area contributed by atoms with Gasteiger partial charge in [-0.2, -0.15) is 9.61 Å².